The van der Waals surface area contributed by atoms with Gasteiger partial charge in [-0.15, -0.1) is 0 Å². The van der Waals surface area contributed by atoms with Crippen molar-refractivity contribution < 1.29 is 4.79 Å². The fraction of sp³-hybridized carbons (Fsp3) is 0.200. The molecule has 0 unspecified atom stereocenters. The second-order valence-corrected chi connectivity index (χ2v) is 4.39. The van der Waals surface area contributed by atoms with Crippen LogP contribution in [0.4, 0.5) is 11.5 Å². The summed E-state index contributed by atoms with van der Waals surface area (Å²) in [6.45, 7) is 0. The van der Waals surface area contributed by atoms with Crippen molar-refractivity contribution in [2.24, 2.45) is 0 Å². The Balaban J connectivity index is 1.94. The maximum absolute atomic E-state index is 12.1. The van der Waals surface area contributed by atoms with Crippen molar-refractivity contribution in [2.45, 2.75) is 12.8 Å². The fourth-order valence-electron chi connectivity index (χ4n) is 1.79. The van der Waals surface area contributed by atoms with E-state index in [1.54, 1.807) is 30.3 Å². The molecule has 1 amide bonds. The van der Waals surface area contributed by atoms with Gasteiger partial charge in [0.15, 0.2) is 0 Å². The number of carbonyl (C=O) groups excluding carboxylic acids is 1. The Bertz CT molecular complexity index is 537. The quantitative estimate of drug-likeness (QED) is 0.911. The Morgan fingerprint density at radius 3 is 2.58 bits per heavy atom. The van der Waals surface area contributed by atoms with Crippen LogP contribution < -0.4 is 10.6 Å². The summed E-state index contributed by atoms with van der Waals surface area (Å²) in [5.41, 5.74) is 7.32. The zero-order valence-corrected chi connectivity index (χ0v) is 10.9. The summed E-state index contributed by atoms with van der Waals surface area (Å²) in [6, 6.07) is 13.5. The van der Waals surface area contributed by atoms with E-state index in [0.717, 1.165) is 12.0 Å². The van der Waals surface area contributed by atoms with Crippen molar-refractivity contribution in [2.75, 3.05) is 17.7 Å². The number of rotatable bonds is 4. The zero-order valence-electron chi connectivity index (χ0n) is 10.9. The predicted molar refractivity (Wildman–Crippen MR) is 76.8 cm³/mol. The molecule has 2 N–H and O–H groups in total. The molecule has 0 radical (unpaired) electrons. The van der Waals surface area contributed by atoms with Crippen LogP contribution in [0.2, 0.25) is 0 Å². The van der Waals surface area contributed by atoms with E-state index in [-0.39, 0.29) is 5.91 Å². The number of carbonyl (C=O) groups is 1. The number of amides is 1. The molecule has 0 spiro atoms. The molecule has 0 atom stereocenters. The maximum atomic E-state index is 12.1. The molecule has 1 aromatic carbocycles. The Labute approximate surface area is 112 Å². The molecule has 4 heteroatoms. The first-order valence-corrected chi connectivity index (χ1v) is 6.19. The highest BCUT2D eigenvalue weighted by Crippen LogP contribution is 2.12. The summed E-state index contributed by atoms with van der Waals surface area (Å²) in [5.74, 6) is 0.661. The van der Waals surface area contributed by atoms with E-state index in [1.165, 1.54) is 0 Å². The van der Waals surface area contributed by atoms with Gasteiger partial charge in [0.25, 0.3) is 0 Å². The number of aryl methyl sites for hydroxylation is 1. The normalized spacial score (nSPS) is 10.2. The van der Waals surface area contributed by atoms with Crippen LogP contribution in [-0.2, 0) is 11.2 Å². The highest BCUT2D eigenvalue weighted by Gasteiger charge is 2.11. The standard InChI is InChI=1S/C15H17N3O/c1-18(14-9-8-13(16)11-17-14)15(19)10-7-12-5-3-2-4-6-12/h2-6,8-9,11H,7,10,16H2,1H3. The van der Waals surface area contributed by atoms with Crippen LogP contribution in [0.15, 0.2) is 48.7 Å². The largest absolute Gasteiger partial charge is 0.397 e. The first-order valence-electron chi connectivity index (χ1n) is 6.19. The van der Waals surface area contributed by atoms with Crippen molar-refractivity contribution in [3.63, 3.8) is 0 Å². The van der Waals surface area contributed by atoms with Gasteiger partial charge in [-0.3, -0.25) is 9.69 Å². The van der Waals surface area contributed by atoms with Crippen LogP contribution in [0.3, 0.4) is 0 Å². The monoisotopic (exact) mass is 255 g/mol. The Morgan fingerprint density at radius 2 is 1.95 bits per heavy atom. The molecule has 0 aliphatic carbocycles. The van der Waals surface area contributed by atoms with E-state index >= 15 is 0 Å². The molecule has 0 saturated carbocycles. The van der Waals surface area contributed by atoms with Gasteiger partial charge in [-0.25, -0.2) is 4.98 Å². The maximum Gasteiger partial charge on any atom is 0.228 e. The van der Waals surface area contributed by atoms with E-state index < -0.39 is 0 Å². The lowest BCUT2D eigenvalue weighted by molar-refractivity contribution is -0.118. The second-order valence-electron chi connectivity index (χ2n) is 4.39. The number of aromatic nitrogens is 1. The number of pyridine rings is 1. The summed E-state index contributed by atoms with van der Waals surface area (Å²) in [6.07, 6.45) is 2.75. The third kappa shape index (κ3) is 3.55. The van der Waals surface area contributed by atoms with E-state index in [2.05, 4.69) is 4.98 Å². The first-order chi connectivity index (χ1) is 9.16. The average molecular weight is 255 g/mol. The van der Waals surface area contributed by atoms with Gasteiger partial charge in [0.2, 0.25) is 5.91 Å². The van der Waals surface area contributed by atoms with E-state index in [4.69, 9.17) is 5.73 Å². The molecule has 0 fully saturated rings. The van der Waals surface area contributed by atoms with E-state index in [9.17, 15) is 4.79 Å². The van der Waals surface area contributed by atoms with Crippen LogP contribution in [-0.4, -0.2) is 17.9 Å². The number of nitrogens with two attached hydrogens (primary N) is 1. The zero-order chi connectivity index (χ0) is 13.7. The molecule has 0 saturated heterocycles. The topological polar surface area (TPSA) is 59.2 Å². The number of anilines is 2. The van der Waals surface area contributed by atoms with Crippen molar-refractivity contribution in [3.8, 4) is 0 Å². The van der Waals surface area contributed by atoms with Crippen molar-refractivity contribution >= 4 is 17.4 Å². The third-order valence-electron chi connectivity index (χ3n) is 2.96. The van der Waals surface area contributed by atoms with Crippen molar-refractivity contribution in [3.05, 3.63) is 54.2 Å². The molecule has 1 aromatic heterocycles. The molecular formula is C15H17N3O. The van der Waals surface area contributed by atoms with Crippen LogP contribution >= 0.6 is 0 Å². The molecule has 0 aliphatic rings. The second kappa shape index (κ2) is 6.00. The van der Waals surface area contributed by atoms with Gasteiger partial charge < -0.3 is 5.73 Å². The van der Waals surface area contributed by atoms with Crippen molar-refractivity contribution in [1.82, 2.24) is 4.98 Å². The number of nitrogen functional groups attached to an aromatic ring is 1. The number of hydrogen-bond acceptors (Lipinski definition) is 3. The molecule has 4 nitrogen and oxygen atoms in total. The van der Waals surface area contributed by atoms with Crippen LogP contribution in [0.25, 0.3) is 0 Å². The fourth-order valence-corrected chi connectivity index (χ4v) is 1.79. The van der Waals surface area contributed by atoms with Crippen LogP contribution in [0, 0.1) is 0 Å². The Kier molecular flexibility index (Phi) is 4.13. The Morgan fingerprint density at radius 1 is 1.21 bits per heavy atom. The summed E-state index contributed by atoms with van der Waals surface area (Å²) in [5, 5.41) is 0. The minimum atomic E-state index is 0.0427. The molecule has 1 heterocycles. The van der Waals surface area contributed by atoms with E-state index in [1.807, 2.05) is 30.3 Å². The van der Waals surface area contributed by atoms with Gasteiger partial charge in [0.05, 0.1) is 11.9 Å². The molecule has 2 aromatic rings. The summed E-state index contributed by atoms with van der Waals surface area (Å²) in [4.78, 5) is 17.7. The van der Waals surface area contributed by atoms with Crippen molar-refractivity contribution in [1.29, 1.82) is 0 Å². The Hall–Kier alpha value is -2.36. The average Bonchev–Trinajstić information content (AvgIpc) is 2.46. The minimum absolute atomic E-state index is 0.0427. The molecule has 0 bridgehead atoms. The van der Waals surface area contributed by atoms with Gasteiger partial charge in [-0.2, -0.15) is 0 Å². The van der Waals surface area contributed by atoms with Gasteiger partial charge in [0, 0.05) is 13.5 Å². The van der Waals surface area contributed by atoms with Gasteiger partial charge in [-0.05, 0) is 24.1 Å². The predicted octanol–water partition coefficient (Wildman–Crippen LogP) is 2.26. The third-order valence-corrected chi connectivity index (χ3v) is 2.96. The van der Waals surface area contributed by atoms with Crippen LogP contribution in [0.1, 0.15) is 12.0 Å². The molecule has 19 heavy (non-hydrogen) atoms. The number of hydrogen-bond donors (Lipinski definition) is 1. The van der Waals surface area contributed by atoms with Gasteiger partial charge >= 0.3 is 0 Å². The summed E-state index contributed by atoms with van der Waals surface area (Å²) in [7, 11) is 1.73. The molecular weight excluding hydrogens is 238 g/mol. The lowest BCUT2D eigenvalue weighted by Crippen LogP contribution is -2.27. The lowest BCUT2D eigenvalue weighted by Gasteiger charge is -2.16. The lowest BCUT2D eigenvalue weighted by atomic mass is 10.1. The summed E-state index contributed by atoms with van der Waals surface area (Å²) >= 11 is 0. The number of nitrogens with zero attached hydrogens (tertiary/aromatic N) is 2. The smallest absolute Gasteiger partial charge is 0.228 e. The molecule has 98 valence electrons. The van der Waals surface area contributed by atoms with Gasteiger partial charge in [0.1, 0.15) is 5.82 Å². The number of benzene rings is 1. The minimum Gasteiger partial charge on any atom is -0.397 e. The SMILES string of the molecule is CN(C(=O)CCc1ccccc1)c1ccc(N)cn1. The van der Waals surface area contributed by atoms with E-state index in [0.29, 0.717) is 17.9 Å². The highest BCUT2D eigenvalue weighted by molar-refractivity contribution is 5.92. The molecule has 0 aliphatic heterocycles. The summed E-state index contributed by atoms with van der Waals surface area (Å²) < 4.78 is 0. The van der Waals surface area contributed by atoms with Gasteiger partial charge in [-0.1, -0.05) is 30.3 Å². The van der Waals surface area contributed by atoms with Crippen LogP contribution in [0.5, 0.6) is 0 Å². The highest BCUT2D eigenvalue weighted by atomic mass is 16.2. The first kappa shape index (κ1) is 13.1. The molecule has 2 rings (SSSR count).